The Bertz CT molecular complexity index is 623. The first-order valence-corrected chi connectivity index (χ1v) is 8.17. The molecular formula is C17H22N2O5. The van der Waals surface area contributed by atoms with Crippen LogP contribution >= 0.6 is 0 Å². The average Bonchev–Trinajstić information content (AvgIpc) is 3.06. The van der Waals surface area contributed by atoms with Gasteiger partial charge in [0.2, 0.25) is 0 Å². The number of benzene rings is 1. The van der Waals surface area contributed by atoms with Crippen molar-refractivity contribution in [2.75, 3.05) is 11.9 Å². The van der Waals surface area contributed by atoms with Gasteiger partial charge in [0.25, 0.3) is 11.6 Å². The zero-order chi connectivity index (χ0) is 17.5. The lowest BCUT2D eigenvalue weighted by atomic mass is 10.0. The Morgan fingerprint density at radius 2 is 2.04 bits per heavy atom. The summed E-state index contributed by atoms with van der Waals surface area (Å²) in [6.07, 6.45) is 5.92. The minimum absolute atomic E-state index is 0.0682. The zero-order valence-electron chi connectivity index (χ0n) is 13.7. The third kappa shape index (κ3) is 5.04. The van der Waals surface area contributed by atoms with Gasteiger partial charge in [0.1, 0.15) is 0 Å². The molecule has 0 atom stereocenters. The minimum Gasteiger partial charge on any atom is -0.456 e. The lowest BCUT2D eigenvalue weighted by Gasteiger charge is -2.10. The van der Waals surface area contributed by atoms with E-state index >= 15 is 0 Å². The van der Waals surface area contributed by atoms with Gasteiger partial charge < -0.3 is 10.1 Å². The summed E-state index contributed by atoms with van der Waals surface area (Å²) in [6, 6.07) is 4.44. The summed E-state index contributed by atoms with van der Waals surface area (Å²) in [5.74, 6) is -0.292. The molecule has 0 bridgehead atoms. The van der Waals surface area contributed by atoms with E-state index in [9.17, 15) is 19.7 Å². The van der Waals surface area contributed by atoms with Gasteiger partial charge in [-0.1, -0.05) is 31.7 Å². The molecule has 1 N–H and O–H groups in total. The molecule has 1 aliphatic rings. The van der Waals surface area contributed by atoms with E-state index in [1.165, 1.54) is 37.8 Å². The summed E-state index contributed by atoms with van der Waals surface area (Å²) >= 11 is 0. The number of carbonyl (C=O) groups is 2. The van der Waals surface area contributed by atoms with Gasteiger partial charge in [-0.05, 0) is 25.3 Å². The van der Waals surface area contributed by atoms with Crippen LogP contribution in [-0.2, 0) is 14.3 Å². The maximum absolute atomic E-state index is 11.9. The predicted molar refractivity (Wildman–Crippen MR) is 88.6 cm³/mol. The van der Waals surface area contributed by atoms with Crippen LogP contribution in [0.4, 0.5) is 11.4 Å². The summed E-state index contributed by atoms with van der Waals surface area (Å²) < 4.78 is 4.97. The van der Waals surface area contributed by atoms with Crippen molar-refractivity contribution in [2.45, 2.75) is 45.4 Å². The van der Waals surface area contributed by atoms with E-state index in [-0.39, 0.29) is 18.3 Å². The second-order valence-electron chi connectivity index (χ2n) is 6.10. The van der Waals surface area contributed by atoms with Gasteiger partial charge >= 0.3 is 5.97 Å². The first-order chi connectivity index (χ1) is 11.5. The lowest BCUT2D eigenvalue weighted by molar-refractivity contribution is -0.385. The fraction of sp³-hybridized carbons (Fsp3) is 0.529. The van der Waals surface area contributed by atoms with Crippen molar-refractivity contribution in [3.05, 3.63) is 33.9 Å². The predicted octanol–water partition coefficient (Wildman–Crippen LogP) is 3.36. The van der Waals surface area contributed by atoms with E-state index in [2.05, 4.69) is 5.32 Å². The van der Waals surface area contributed by atoms with E-state index < -0.39 is 10.8 Å². The van der Waals surface area contributed by atoms with Crippen LogP contribution in [0.2, 0.25) is 0 Å². The van der Waals surface area contributed by atoms with Crippen LogP contribution < -0.4 is 5.32 Å². The number of carbonyl (C=O) groups excluding carboxylic acids is 2. The number of amides is 1. The first kappa shape index (κ1) is 17.9. The molecule has 0 aliphatic heterocycles. The highest BCUT2D eigenvalue weighted by Gasteiger charge is 2.18. The largest absolute Gasteiger partial charge is 0.456 e. The number of nitrogens with one attached hydrogen (secondary N) is 1. The molecule has 0 radical (unpaired) electrons. The topological polar surface area (TPSA) is 98.5 Å². The molecule has 7 nitrogen and oxygen atoms in total. The number of esters is 1. The van der Waals surface area contributed by atoms with Gasteiger partial charge in [-0.15, -0.1) is 0 Å². The van der Waals surface area contributed by atoms with Gasteiger partial charge in [0, 0.05) is 12.5 Å². The summed E-state index contributed by atoms with van der Waals surface area (Å²) in [5.41, 5.74) is 0.640. The number of hydrogen-bond acceptors (Lipinski definition) is 5. The van der Waals surface area contributed by atoms with Crippen LogP contribution in [0.5, 0.6) is 0 Å². The standard InChI is InChI=1S/C17H22N2O5/c1-12-14(7-4-8-15(12)19(22)23)18-16(20)11-24-17(21)10-9-13-5-2-3-6-13/h4,7-8,13H,2-3,5-6,9-11H2,1H3,(H,18,20). The third-order valence-corrected chi connectivity index (χ3v) is 4.37. The lowest BCUT2D eigenvalue weighted by Crippen LogP contribution is -2.21. The molecule has 0 unspecified atom stereocenters. The van der Waals surface area contributed by atoms with Crippen molar-refractivity contribution < 1.29 is 19.2 Å². The van der Waals surface area contributed by atoms with Crippen LogP contribution in [0.25, 0.3) is 0 Å². The highest BCUT2D eigenvalue weighted by molar-refractivity contribution is 5.94. The minimum atomic E-state index is -0.507. The highest BCUT2D eigenvalue weighted by atomic mass is 16.6. The van der Waals surface area contributed by atoms with Crippen molar-refractivity contribution >= 4 is 23.3 Å². The molecule has 1 aromatic carbocycles. The summed E-state index contributed by atoms with van der Waals surface area (Å²) in [7, 11) is 0. The van der Waals surface area contributed by atoms with Crippen molar-refractivity contribution in [3.63, 3.8) is 0 Å². The maximum atomic E-state index is 11.9. The third-order valence-electron chi connectivity index (χ3n) is 4.37. The molecule has 1 aliphatic carbocycles. The number of ether oxygens (including phenoxy) is 1. The van der Waals surface area contributed by atoms with E-state index in [0.717, 1.165) is 6.42 Å². The Morgan fingerprint density at radius 1 is 1.33 bits per heavy atom. The molecule has 0 aromatic heterocycles. The van der Waals surface area contributed by atoms with Crippen LogP contribution in [0.3, 0.4) is 0 Å². The average molecular weight is 334 g/mol. The summed E-state index contributed by atoms with van der Waals surface area (Å²) in [6.45, 7) is 1.17. The second-order valence-corrected chi connectivity index (χ2v) is 6.10. The fourth-order valence-corrected chi connectivity index (χ4v) is 2.98. The molecule has 24 heavy (non-hydrogen) atoms. The Labute approximate surface area is 140 Å². The van der Waals surface area contributed by atoms with Crippen molar-refractivity contribution in [1.82, 2.24) is 0 Å². The molecular weight excluding hydrogens is 312 g/mol. The smallest absolute Gasteiger partial charge is 0.306 e. The molecule has 2 rings (SSSR count). The molecule has 1 fully saturated rings. The van der Waals surface area contributed by atoms with E-state index in [4.69, 9.17) is 4.74 Å². The normalized spacial score (nSPS) is 14.4. The number of nitro benzene ring substituents is 1. The Balaban J connectivity index is 1.77. The number of nitro groups is 1. The Morgan fingerprint density at radius 3 is 2.71 bits per heavy atom. The summed E-state index contributed by atoms with van der Waals surface area (Å²) in [5, 5.41) is 13.4. The molecule has 0 spiro atoms. The van der Waals surface area contributed by atoms with Gasteiger partial charge in [0.05, 0.1) is 16.2 Å². The van der Waals surface area contributed by atoms with Gasteiger partial charge in [-0.2, -0.15) is 0 Å². The van der Waals surface area contributed by atoms with Crippen molar-refractivity contribution in [2.24, 2.45) is 5.92 Å². The zero-order valence-corrected chi connectivity index (χ0v) is 13.7. The van der Waals surface area contributed by atoms with E-state index in [1.807, 2.05) is 0 Å². The van der Waals surface area contributed by atoms with Crippen molar-refractivity contribution in [3.8, 4) is 0 Å². The molecule has 0 heterocycles. The summed E-state index contributed by atoms with van der Waals surface area (Å²) in [4.78, 5) is 33.9. The molecule has 1 amide bonds. The van der Waals surface area contributed by atoms with Crippen LogP contribution in [0.15, 0.2) is 18.2 Å². The van der Waals surface area contributed by atoms with Gasteiger partial charge in [0.15, 0.2) is 6.61 Å². The van der Waals surface area contributed by atoms with Crippen LogP contribution in [0.1, 0.15) is 44.1 Å². The Kier molecular flexibility index (Phi) is 6.28. The van der Waals surface area contributed by atoms with E-state index in [0.29, 0.717) is 23.6 Å². The number of nitrogens with zero attached hydrogens (tertiary/aromatic N) is 1. The number of hydrogen-bond donors (Lipinski definition) is 1. The highest BCUT2D eigenvalue weighted by Crippen LogP contribution is 2.28. The van der Waals surface area contributed by atoms with Crippen molar-refractivity contribution in [1.29, 1.82) is 0 Å². The molecule has 0 saturated heterocycles. The van der Waals surface area contributed by atoms with Gasteiger partial charge in [-0.25, -0.2) is 0 Å². The molecule has 130 valence electrons. The van der Waals surface area contributed by atoms with Gasteiger partial charge in [-0.3, -0.25) is 19.7 Å². The number of anilines is 1. The SMILES string of the molecule is Cc1c(NC(=O)COC(=O)CCC2CCCC2)cccc1[N+](=O)[O-]. The van der Waals surface area contributed by atoms with E-state index in [1.54, 1.807) is 13.0 Å². The fourth-order valence-electron chi connectivity index (χ4n) is 2.98. The van der Waals surface area contributed by atoms with Crippen LogP contribution in [-0.4, -0.2) is 23.4 Å². The van der Waals surface area contributed by atoms with Crippen LogP contribution in [0, 0.1) is 23.0 Å². The maximum Gasteiger partial charge on any atom is 0.306 e. The molecule has 7 heteroatoms. The monoisotopic (exact) mass is 334 g/mol. The Hall–Kier alpha value is -2.44. The molecule has 1 saturated carbocycles. The second kappa shape index (κ2) is 8.42. The molecule has 1 aromatic rings. The first-order valence-electron chi connectivity index (χ1n) is 8.17. The number of rotatable bonds is 7. The quantitative estimate of drug-likeness (QED) is 0.468.